The lowest BCUT2D eigenvalue weighted by molar-refractivity contribution is -0.0875. The minimum atomic E-state index is -0.0377. The molecule has 4 heteroatoms. The molecule has 0 amide bonds. The molecule has 21 heavy (non-hydrogen) atoms. The van der Waals surface area contributed by atoms with Gasteiger partial charge >= 0.3 is 0 Å². The Balaban J connectivity index is 1.75. The van der Waals surface area contributed by atoms with Crippen molar-refractivity contribution < 1.29 is 9.47 Å². The van der Waals surface area contributed by atoms with Gasteiger partial charge in [0, 0.05) is 26.2 Å². The zero-order valence-corrected chi connectivity index (χ0v) is 13.5. The number of ether oxygens (including phenoxy) is 2. The van der Waals surface area contributed by atoms with Crippen LogP contribution in [-0.2, 0) is 11.3 Å². The molecule has 4 nitrogen and oxygen atoms in total. The Kier molecular flexibility index (Phi) is 6.03. The van der Waals surface area contributed by atoms with Gasteiger partial charge in [-0.3, -0.25) is 4.90 Å². The Morgan fingerprint density at radius 2 is 2.24 bits per heavy atom. The summed E-state index contributed by atoms with van der Waals surface area (Å²) in [6.07, 6.45) is 0. The third kappa shape index (κ3) is 5.65. The second-order valence-electron chi connectivity index (χ2n) is 6.16. The van der Waals surface area contributed by atoms with Crippen LogP contribution in [0.4, 0.5) is 0 Å². The van der Waals surface area contributed by atoms with Gasteiger partial charge in [0.1, 0.15) is 12.4 Å². The van der Waals surface area contributed by atoms with Crippen LogP contribution in [0.5, 0.6) is 5.75 Å². The van der Waals surface area contributed by atoms with E-state index in [1.165, 1.54) is 5.56 Å². The third-order valence-electron chi connectivity index (χ3n) is 3.66. The summed E-state index contributed by atoms with van der Waals surface area (Å²) in [5.41, 5.74) is 1.23. The molecule has 0 bridgehead atoms. The molecule has 1 N–H and O–H groups in total. The number of morpholine rings is 1. The van der Waals surface area contributed by atoms with Crippen LogP contribution in [0.15, 0.2) is 24.3 Å². The topological polar surface area (TPSA) is 33.7 Å². The van der Waals surface area contributed by atoms with Gasteiger partial charge in [-0.25, -0.2) is 0 Å². The highest BCUT2D eigenvalue weighted by molar-refractivity contribution is 5.28. The van der Waals surface area contributed by atoms with E-state index in [1.807, 2.05) is 6.07 Å². The Morgan fingerprint density at radius 1 is 1.38 bits per heavy atom. The molecule has 118 valence electrons. The molecule has 0 aliphatic carbocycles. The van der Waals surface area contributed by atoms with Crippen molar-refractivity contribution in [2.75, 3.05) is 39.4 Å². The maximum Gasteiger partial charge on any atom is 0.119 e. The second-order valence-corrected chi connectivity index (χ2v) is 6.16. The number of hydrogen-bond acceptors (Lipinski definition) is 4. The zero-order chi connectivity index (χ0) is 15.1. The number of nitrogens with zero attached hydrogens (tertiary/aromatic N) is 1. The molecule has 1 aliphatic heterocycles. The van der Waals surface area contributed by atoms with E-state index in [0.29, 0.717) is 0 Å². The maximum atomic E-state index is 5.89. The van der Waals surface area contributed by atoms with Crippen molar-refractivity contribution in [3.8, 4) is 5.75 Å². The summed E-state index contributed by atoms with van der Waals surface area (Å²) in [6, 6.07) is 8.32. The summed E-state index contributed by atoms with van der Waals surface area (Å²) in [5, 5.41) is 3.33. The van der Waals surface area contributed by atoms with E-state index in [2.05, 4.69) is 49.2 Å². The summed E-state index contributed by atoms with van der Waals surface area (Å²) in [5.74, 6) is 0.956. The lowest BCUT2D eigenvalue weighted by Crippen LogP contribution is -2.49. The van der Waals surface area contributed by atoms with E-state index in [4.69, 9.17) is 9.47 Å². The summed E-state index contributed by atoms with van der Waals surface area (Å²) in [6.45, 7) is 12.7. The average molecular weight is 292 g/mol. The molecule has 1 aromatic rings. The van der Waals surface area contributed by atoms with Crippen LogP contribution in [0.2, 0.25) is 0 Å². The van der Waals surface area contributed by atoms with Crippen molar-refractivity contribution in [1.29, 1.82) is 0 Å². The molecule has 1 aromatic carbocycles. The van der Waals surface area contributed by atoms with Gasteiger partial charge in [0.25, 0.3) is 0 Å². The second kappa shape index (κ2) is 7.78. The van der Waals surface area contributed by atoms with E-state index in [0.717, 1.165) is 51.7 Å². The smallest absolute Gasteiger partial charge is 0.119 e. The first-order chi connectivity index (χ1) is 10.1. The highest BCUT2D eigenvalue weighted by Crippen LogP contribution is 2.17. The SMILES string of the molecule is CCNCc1cccc(OCCN2CCOC(C)(C)C2)c1. The first-order valence-electron chi connectivity index (χ1n) is 7.88. The summed E-state index contributed by atoms with van der Waals surface area (Å²) >= 11 is 0. The van der Waals surface area contributed by atoms with Gasteiger partial charge in [-0.15, -0.1) is 0 Å². The van der Waals surface area contributed by atoms with Crippen molar-refractivity contribution in [2.45, 2.75) is 32.9 Å². The molecule has 2 rings (SSSR count). The first kappa shape index (κ1) is 16.3. The Hall–Kier alpha value is -1.10. The van der Waals surface area contributed by atoms with Crippen LogP contribution in [0.3, 0.4) is 0 Å². The normalized spacial score (nSPS) is 18.6. The van der Waals surface area contributed by atoms with Crippen molar-refractivity contribution in [2.24, 2.45) is 0 Å². The molecule has 0 spiro atoms. The molecule has 0 atom stereocenters. The van der Waals surface area contributed by atoms with Crippen molar-refractivity contribution in [1.82, 2.24) is 10.2 Å². The molecule has 1 aliphatic rings. The number of rotatable bonds is 7. The van der Waals surface area contributed by atoms with Crippen LogP contribution in [0.1, 0.15) is 26.3 Å². The van der Waals surface area contributed by atoms with Gasteiger partial charge in [0.2, 0.25) is 0 Å². The van der Waals surface area contributed by atoms with Gasteiger partial charge in [-0.05, 0) is 38.1 Å². The lowest BCUT2D eigenvalue weighted by Gasteiger charge is -2.38. The van der Waals surface area contributed by atoms with Crippen molar-refractivity contribution in [3.63, 3.8) is 0 Å². The van der Waals surface area contributed by atoms with E-state index in [-0.39, 0.29) is 5.60 Å². The molecule has 1 saturated heterocycles. The number of nitrogens with one attached hydrogen (secondary N) is 1. The number of benzene rings is 1. The van der Waals surface area contributed by atoms with E-state index < -0.39 is 0 Å². The standard InChI is InChI=1S/C17H28N2O2/c1-4-18-13-15-6-5-7-16(12-15)20-10-8-19-9-11-21-17(2,3)14-19/h5-7,12,18H,4,8-11,13-14H2,1-3H3. The summed E-state index contributed by atoms with van der Waals surface area (Å²) in [4.78, 5) is 2.41. The minimum Gasteiger partial charge on any atom is -0.492 e. The Morgan fingerprint density at radius 3 is 3.00 bits per heavy atom. The Labute approximate surface area is 128 Å². The van der Waals surface area contributed by atoms with E-state index in [9.17, 15) is 0 Å². The van der Waals surface area contributed by atoms with Crippen molar-refractivity contribution >= 4 is 0 Å². The van der Waals surface area contributed by atoms with Gasteiger partial charge in [-0.2, -0.15) is 0 Å². The predicted molar refractivity (Wildman–Crippen MR) is 85.8 cm³/mol. The average Bonchev–Trinajstić information content (AvgIpc) is 2.45. The minimum absolute atomic E-state index is 0.0377. The highest BCUT2D eigenvalue weighted by atomic mass is 16.5. The molecule has 1 fully saturated rings. The summed E-state index contributed by atoms with van der Waals surface area (Å²) < 4.78 is 11.6. The molecule has 1 heterocycles. The largest absolute Gasteiger partial charge is 0.492 e. The van der Waals surface area contributed by atoms with Crippen LogP contribution in [-0.4, -0.2) is 49.9 Å². The first-order valence-corrected chi connectivity index (χ1v) is 7.88. The highest BCUT2D eigenvalue weighted by Gasteiger charge is 2.26. The molecular weight excluding hydrogens is 264 g/mol. The lowest BCUT2D eigenvalue weighted by atomic mass is 10.1. The molecule has 0 saturated carbocycles. The fourth-order valence-corrected chi connectivity index (χ4v) is 2.61. The van der Waals surface area contributed by atoms with Crippen LogP contribution >= 0.6 is 0 Å². The van der Waals surface area contributed by atoms with Gasteiger partial charge < -0.3 is 14.8 Å². The molecule has 0 aromatic heterocycles. The van der Waals surface area contributed by atoms with Crippen molar-refractivity contribution in [3.05, 3.63) is 29.8 Å². The molecule has 0 unspecified atom stereocenters. The fourth-order valence-electron chi connectivity index (χ4n) is 2.61. The zero-order valence-electron chi connectivity index (χ0n) is 13.5. The van der Waals surface area contributed by atoms with E-state index in [1.54, 1.807) is 0 Å². The Bertz CT molecular complexity index is 435. The van der Waals surface area contributed by atoms with Crippen LogP contribution < -0.4 is 10.1 Å². The van der Waals surface area contributed by atoms with E-state index >= 15 is 0 Å². The fraction of sp³-hybridized carbons (Fsp3) is 0.647. The predicted octanol–water partition coefficient (Wildman–Crippen LogP) is 2.29. The maximum absolute atomic E-state index is 5.89. The van der Waals surface area contributed by atoms with Gasteiger partial charge in [0.05, 0.1) is 12.2 Å². The van der Waals surface area contributed by atoms with Gasteiger partial charge in [-0.1, -0.05) is 19.1 Å². The molecular formula is C17H28N2O2. The van der Waals surface area contributed by atoms with Crippen LogP contribution in [0, 0.1) is 0 Å². The van der Waals surface area contributed by atoms with Crippen LogP contribution in [0.25, 0.3) is 0 Å². The quantitative estimate of drug-likeness (QED) is 0.836. The summed E-state index contributed by atoms with van der Waals surface area (Å²) in [7, 11) is 0. The third-order valence-corrected chi connectivity index (χ3v) is 3.66. The monoisotopic (exact) mass is 292 g/mol. The van der Waals surface area contributed by atoms with Gasteiger partial charge in [0.15, 0.2) is 0 Å². The molecule has 0 radical (unpaired) electrons. The number of hydrogen-bond donors (Lipinski definition) is 1.